The molecule has 3 heterocycles. The Morgan fingerprint density at radius 1 is 0.970 bits per heavy atom. The molecule has 0 spiro atoms. The average Bonchev–Trinajstić information content (AvgIpc) is 3.38. The van der Waals surface area contributed by atoms with Gasteiger partial charge in [0.2, 0.25) is 12.6 Å². The molecule has 0 saturated carbocycles. The van der Waals surface area contributed by atoms with E-state index in [4.69, 9.17) is 13.9 Å². The van der Waals surface area contributed by atoms with Gasteiger partial charge in [0, 0.05) is 6.54 Å². The highest BCUT2D eigenvalue weighted by atomic mass is 19.1. The number of phenols is 1. The topological polar surface area (TPSA) is 89.2 Å². The third-order valence-corrected chi connectivity index (χ3v) is 5.93. The second kappa shape index (κ2) is 7.09. The lowest BCUT2D eigenvalue weighted by Gasteiger charge is -2.25. The van der Waals surface area contributed by atoms with E-state index < -0.39 is 23.2 Å². The molecule has 0 saturated heterocycles. The molecule has 2 aliphatic heterocycles. The van der Waals surface area contributed by atoms with Crippen molar-refractivity contribution >= 4 is 16.9 Å². The summed E-state index contributed by atoms with van der Waals surface area (Å²) in [5.74, 6) is 0.154. The number of ether oxygens (including phenoxy) is 2. The van der Waals surface area contributed by atoms with Gasteiger partial charge in [0.15, 0.2) is 16.9 Å². The lowest BCUT2D eigenvalue weighted by atomic mass is 9.98. The van der Waals surface area contributed by atoms with E-state index in [1.807, 2.05) is 6.07 Å². The Hall–Kier alpha value is -4.33. The van der Waals surface area contributed by atoms with Gasteiger partial charge in [0.1, 0.15) is 17.1 Å². The SMILES string of the molecule is O=C1c2oc3ccc(F)cc3c(=O)c2[C@H](c2ccc(O)cc2)N1Cc1ccc2c(c1)OCO2. The summed E-state index contributed by atoms with van der Waals surface area (Å²) in [4.78, 5) is 28.4. The number of fused-ring (bicyclic) bond motifs is 3. The zero-order valence-electron chi connectivity index (χ0n) is 17.1. The van der Waals surface area contributed by atoms with Crippen LogP contribution in [0.3, 0.4) is 0 Å². The van der Waals surface area contributed by atoms with Crippen LogP contribution < -0.4 is 14.9 Å². The van der Waals surface area contributed by atoms with Crippen molar-refractivity contribution < 1.29 is 28.2 Å². The Morgan fingerprint density at radius 2 is 1.76 bits per heavy atom. The molecule has 2 aliphatic rings. The summed E-state index contributed by atoms with van der Waals surface area (Å²) in [5.41, 5.74) is 1.20. The molecule has 1 amide bonds. The lowest BCUT2D eigenvalue weighted by molar-refractivity contribution is 0.0714. The Kier molecular flexibility index (Phi) is 4.16. The number of carbonyl (C=O) groups excluding carboxylic acids is 1. The number of halogens is 1. The second-order valence-corrected chi connectivity index (χ2v) is 7.93. The van der Waals surface area contributed by atoms with Crippen molar-refractivity contribution in [3.05, 3.63) is 99.2 Å². The van der Waals surface area contributed by atoms with Crippen LogP contribution in [0.5, 0.6) is 17.2 Å². The van der Waals surface area contributed by atoms with Gasteiger partial charge in [-0.3, -0.25) is 9.59 Å². The molecule has 0 aliphatic carbocycles. The standard InChI is InChI=1S/C25H16FNO6/c26-15-4-8-18-17(10-15)23(29)21-22(14-2-5-16(28)6-3-14)27(25(30)24(21)33-18)11-13-1-7-19-20(9-13)32-12-31-19/h1-10,22,28H,11-12H2/t22-/m0/s1. The fourth-order valence-electron chi connectivity index (χ4n) is 4.39. The minimum Gasteiger partial charge on any atom is -0.508 e. The molecule has 7 nitrogen and oxygen atoms in total. The highest BCUT2D eigenvalue weighted by molar-refractivity contribution is 5.99. The summed E-state index contributed by atoms with van der Waals surface area (Å²) in [5, 5.41) is 9.80. The first kappa shape index (κ1) is 19.4. The molecule has 3 aromatic carbocycles. The number of aromatic hydroxyl groups is 1. The average molecular weight is 445 g/mol. The summed E-state index contributed by atoms with van der Waals surface area (Å²) in [6, 6.07) is 14.5. The maximum Gasteiger partial charge on any atom is 0.291 e. The third-order valence-electron chi connectivity index (χ3n) is 5.93. The molecule has 6 rings (SSSR count). The molecule has 0 radical (unpaired) electrons. The quantitative estimate of drug-likeness (QED) is 0.511. The van der Waals surface area contributed by atoms with Gasteiger partial charge in [-0.1, -0.05) is 18.2 Å². The molecule has 1 N–H and O–H groups in total. The van der Waals surface area contributed by atoms with Crippen LogP contribution in [0.25, 0.3) is 11.0 Å². The number of hydrogen-bond acceptors (Lipinski definition) is 6. The van der Waals surface area contributed by atoms with Crippen molar-refractivity contribution in [3.63, 3.8) is 0 Å². The van der Waals surface area contributed by atoms with E-state index in [-0.39, 0.29) is 41.4 Å². The molecule has 1 aromatic heterocycles. The van der Waals surface area contributed by atoms with Crippen LogP contribution in [-0.2, 0) is 6.54 Å². The van der Waals surface area contributed by atoms with Crippen LogP contribution in [0.4, 0.5) is 4.39 Å². The Morgan fingerprint density at radius 3 is 2.58 bits per heavy atom. The number of nitrogens with zero attached hydrogens (tertiary/aromatic N) is 1. The molecule has 4 aromatic rings. The molecule has 1 atom stereocenters. The summed E-state index contributed by atoms with van der Waals surface area (Å²) in [6.45, 7) is 0.292. The first-order valence-electron chi connectivity index (χ1n) is 10.2. The molecule has 0 bridgehead atoms. The van der Waals surface area contributed by atoms with Crippen LogP contribution in [0.15, 0.2) is 69.9 Å². The lowest BCUT2D eigenvalue weighted by Crippen LogP contribution is -2.29. The minimum absolute atomic E-state index is 0.0539. The normalized spacial score (nSPS) is 16.5. The van der Waals surface area contributed by atoms with Gasteiger partial charge in [0.25, 0.3) is 5.91 Å². The molecular weight excluding hydrogens is 429 g/mol. The number of amides is 1. The van der Waals surface area contributed by atoms with Crippen molar-refractivity contribution in [2.45, 2.75) is 12.6 Å². The molecule has 164 valence electrons. The van der Waals surface area contributed by atoms with Gasteiger partial charge in [0.05, 0.1) is 17.0 Å². The zero-order valence-corrected chi connectivity index (χ0v) is 17.1. The highest BCUT2D eigenvalue weighted by Crippen LogP contribution is 2.40. The summed E-state index contributed by atoms with van der Waals surface area (Å²) >= 11 is 0. The van der Waals surface area contributed by atoms with Crippen LogP contribution >= 0.6 is 0 Å². The van der Waals surface area contributed by atoms with E-state index in [1.54, 1.807) is 24.3 Å². The Labute approximate surface area is 186 Å². The van der Waals surface area contributed by atoms with Crippen LogP contribution in [0.2, 0.25) is 0 Å². The second-order valence-electron chi connectivity index (χ2n) is 7.93. The van der Waals surface area contributed by atoms with E-state index in [2.05, 4.69) is 0 Å². The predicted molar refractivity (Wildman–Crippen MR) is 115 cm³/mol. The van der Waals surface area contributed by atoms with Crippen LogP contribution in [0.1, 0.15) is 33.3 Å². The zero-order chi connectivity index (χ0) is 22.7. The van der Waals surface area contributed by atoms with Gasteiger partial charge in [-0.25, -0.2) is 4.39 Å². The van der Waals surface area contributed by atoms with Crippen LogP contribution in [0, 0.1) is 5.82 Å². The molecule has 0 unspecified atom stereocenters. The van der Waals surface area contributed by atoms with Crippen molar-refractivity contribution in [1.29, 1.82) is 0 Å². The van der Waals surface area contributed by atoms with Crippen molar-refractivity contribution in [1.82, 2.24) is 4.90 Å². The molecule has 33 heavy (non-hydrogen) atoms. The monoisotopic (exact) mass is 445 g/mol. The number of phenolic OH excluding ortho intramolecular Hbond substituents is 1. The van der Waals surface area contributed by atoms with Gasteiger partial charge in [-0.15, -0.1) is 0 Å². The van der Waals surface area contributed by atoms with E-state index >= 15 is 0 Å². The number of hydrogen-bond donors (Lipinski definition) is 1. The summed E-state index contributed by atoms with van der Waals surface area (Å²) in [6.07, 6.45) is 0. The first-order chi connectivity index (χ1) is 16.0. The number of benzene rings is 3. The fraction of sp³-hybridized carbons (Fsp3) is 0.120. The maximum atomic E-state index is 13.9. The number of rotatable bonds is 3. The van der Waals surface area contributed by atoms with Gasteiger partial charge >= 0.3 is 0 Å². The van der Waals surface area contributed by atoms with E-state index in [9.17, 15) is 19.1 Å². The van der Waals surface area contributed by atoms with E-state index in [0.29, 0.717) is 17.1 Å². The first-order valence-corrected chi connectivity index (χ1v) is 10.2. The fourth-order valence-corrected chi connectivity index (χ4v) is 4.39. The van der Waals surface area contributed by atoms with E-state index in [1.165, 1.54) is 29.2 Å². The number of carbonyl (C=O) groups is 1. The van der Waals surface area contributed by atoms with Gasteiger partial charge in [-0.2, -0.15) is 0 Å². The summed E-state index contributed by atoms with van der Waals surface area (Å²) < 4.78 is 30.5. The van der Waals surface area contributed by atoms with Crippen molar-refractivity contribution in [2.75, 3.05) is 6.79 Å². The largest absolute Gasteiger partial charge is 0.508 e. The molecule has 8 heteroatoms. The predicted octanol–water partition coefficient (Wildman–Crippen LogP) is 4.11. The van der Waals surface area contributed by atoms with Crippen molar-refractivity contribution in [2.24, 2.45) is 0 Å². The summed E-state index contributed by atoms with van der Waals surface area (Å²) in [7, 11) is 0. The van der Waals surface area contributed by atoms with Gasteiger partial charge in [-0.05, 0) is 53.6 Å². The molecule has 0 fully saturated rings. The van der Waals surface area contributed by atoms with E-state index in [0.717, 1.165) is 11.6 Å². The van der Waals surface area contributed by atoms with Crippen molar-refractivity contribution in [3.8, 4) is 17.2 Å². The highest BCUT2D eigenvalue weighted by Gasteiger charge is 2.42. The molecular formula is C25H16FNO6. The third kappa shape index (κ3) is 3.02. The van der Waals surface area contributed by atoms with Crippen LogP contribution in [-0.4, -0.2) is 22.7 Å². The van der Waals surface area contributed by atoms with Gasteiger partial charge < -0.3 is 23.9 Å². The minimum atomic E-state index is -0.776. The maximum absolute atomic E-state index is 13.9. The smallest absolute Gasteiger partial charge is 0.291 e. The Bertz CT molecular complexity index is 1490. The Balaban J connectivity index is 1.52.